The lowest BCUT2D eigenvalue weighted by atomic mass is 10.1. The minimum atomic E-state index is 0.648. The van der Waals surface area contributed by atoms with Gasteiger partial charge in [0.15, 0.2) is 0 Å². The standard InChI is InChI=1S/C37H27N3O/c1-2-41-27-21-19-25(20-22-27)32-15-10-18-35(38-32)40-34-17-9-7-14-29(34)31-24-23-30-28-13-6-8-16-33(28)39(36(30)37(31)40)26-11-4-3-5-12-26/h3-24H,2H2,1H3. The van der Waals surface area contributed by atoms with Crippen molar-refractivity contribution in [3.8, 4) is 28.5 Å². The maximum absolute atomic E-state index is 5.66. The number of hydrogen-bond donors (Lipinski definition) is 0. The Hall–Kier alpha value is -5.35. The van der Waals surface area contributed by atoms with E-state index in [0.29, 0.717) is 6.61 Å². The van der Waals surface area contributed by atoms with Crippen LogP contribution in [0.25, 0.3) is 66.4 Å². The van der Waals surface area contributed by atoms with Crippen molar-refractivity contribution in [1.82, 2.24) is 14.1 Å². The topological polar surface area (TPSA) is 32.0 Å². The molecule has 0 bridgehead atoms. The Bertz CT molecular complexity index is 2210. The van der Waals surface area contributed by atoms with Crippen LogP contribution >= 0.6 is 0 Å². The van der Waals surface area contributed by atoms with Gasteiger partial charge in [0.1, 0.15) is 11.6 Å². The number of ether oxygens (including phenoxy) is 1. The average Bonchev–Trinajstić information content (AvgIpc) is 3.55. The molecule has 4 nitrogen and oxygen atoms in total. The summed E-state index contributed by atoms with van der Waals surface area (Å²) in [5, 5.41) is 4.88. The third-order valence-corrected chi connectivity index (χ3v) is 7.91. The molecule has 0 aliphatic carbocycles. The van der Waals surface area contributed by atoms with Gasteiger partial charge in [-0.25, -0.2) is 4.98 Å². The fourth-order valence-electron chi connectivity index (χ4n) is 6.18. The van der Waals surface area contributed by atoms with Crippen LogP contribution in [0.2, 0.25) is 0 Å². The number of hydrogen-bond acceptors (Lipinski definition) is 2. The van der Waals surface area contributed by atoms with Crippen LogP contribution in [-0.4, -0.2) is 20.7 Å². The molecule has 0 atom stereocenters. The molecule has 3 aromatic heterocycles. The van der Waals surface area contributed by atoms with Gasteiger partial charge in [0.05, 0.1) is 34.4 Å². The van der Waals surface area contributed by atoms with E-state index < -0.39 is 0 Å². The number of para-hydroxylation sites is 3. The maximum Gasteiger partial charge on any atom is 0.138 e. The summed E-state index contributed by atoms with van der Waals surface area (Å²) in [6, 6.07) is 47.0. The largest absolute Gasteiger partial charge is 0.494 e. The number of nitrogens with zero attached hydrogens (tertiary/aromatic N) is 3. The molecule has 8 aromatic rings. The van der Waals surface area contributed by atoms with Crippen LogP contribution in [0.5, 0.6) is 5.75 Å². The van der Waals surface area contributed by atoms with Crippen molar-refractivity contribution in [2.75, 3.05) is 6.61 Å². The van der Waals surface area contributed by atoms with E-state index in [4.69, 9.17) is 9.72 Å². The highest BCUT2D eigenvalue weighted by Crippen LogP contribution is 2.41. The Kier molecular flexibility index (Phi) is 5.39. The first-order chi connectivity index (χ1) is 20.3. The van der Waals surface area contributed by atoms with Gasteiger partial charge in [-0.15, -0.1) is 0 Å². The van der Waals surface area contributed by atoms with Crippen LogP contribution in [0, 0.1) is 0 Å². The highest BCUT2D eigenvalue weighted by Gasteiger charge is 2.21. The molecule has 196 valence electrons. The predicted molar refractivity (Wildman–Crippen MR) is 170 cm³/mol. The van der Waals surface area contributed by atoms with Gasteiger partial charge in [0.25, 0.3) is 0 Å². The molecule has 0 aliphatic heterocycles. The summed E-state index contributed by atoms with van der Waals surface area (Å²) in [4.78, 5) is 5.24. The summed E-state index contributed by atoms with van der Waals surface area (Å²) in [6.45, 7) is 2.65. The zero-order valence-corrected chi connectivity index (χ0v) is 22.7. The molecule has 0 N–H and O–H groups in total. The third-order valence-electron chi connectivity index (χ3n) is 7.91. The summed E-state index contributed by atoms with van der Waals surface area (Å²) in [5.74, 6) is 1.76. The number of fused-ring (bicyclic) bond motifs is 7. The van der Waals surface area contributed by atoms with E-state index in [1.165, 1.54) is 32.6 Å². The van der Waals surface area contributed by atoms with Gasteiger partial charge < -0.3 is 9.30 Å². The second kappa shape index (κ2) is 9.39. The van der Waals surface area contributed by atoms with Gasteiger partial charge in [-0.2, -0.15) is 0 Å². The molecular weight excluding hydrogens is 502 g/mol. The van der Waals surface area contributed by atoms with E-state index in [1.54, 1.807) is 0 Å². The molecule has 0 unspecified atom stereocenters. The minimum absolute atomic E-state index is 0.648. The summed E-state index contributed by atoms with van der Waals surface area (Å²) in [5.41, 5.74) is 7.77. The van der Waals surface area contributed by atoms with E-state index in [2.05, 4.69) is 130 Å². The van der Waals surface area contributed by atoms with Crippen molar-refractivity contribution >= 4 is 43.6 Å². The lowest BCUT2D eigenvalue weighted by Gasteiger charge is -2.13. The van der Waals surface area contributed by atoms with Gasteiger partial charge >= 0.3 is 0 Å². The molecule has 0 saturated carbocycles. The molecule has 3 heterocycles. The van der Waals surface area contributed by atoms with Crippen molar-refractivity contribution < 1.29 is 4.74 Å². The van der Waals surface area contributed by atoms with Gasteiger partial charge in [0.2, 0.25) is 0 Å². The highest BCUT2D eigenvalue weighted by atomic mass is 16.5. The monoisotopic (exact) mass is 529 g/mol. The van der Waals surface area contributed by atoms with Crippen LogP contribution in [0.3, 0.4) is 0 Å². The van der Waals surface area contributed by atoms with Gasteiger partial charge in [0, 0.05) is 32.8 Å². The maximum atomic E-state index is 5.66. The molecule has 0 fully saturated rings. The Morgan fingerprint density at radius 3 is 1.83 bits per heavy atom. The number of pyridine rings is 1. The summed E-state index contributed by atoms with van der Waals surface area (Å²) in [6.07, 6.45) is 0. The van der Waals surface area contributed by atoms with Crippen LogP contribution in [-0.2, 0) is 0 Å². The van der Waals surface area contributed by atoms with E-state index in [0.717, 1.165) is 39.5 Å². The molecule has 0 saturated heterocycles. The van der Waals surface area contributed by atoms with Crippen molar-refractivity contribution in [2.24, 2.45) is 0 Å². The molecule has 5 aromatic carbocycles. The van der Waals surface area contributed by atoms with E-state index >= 15 is 0 Å². The fourth-order valence-corrected chi connectivity index (χ4v) is 6.18. The first kappa shape index (κ1) is 23.5. The molecule has 41 heavy (non-hydrogen) atoms. The highest BCUT2D eigenvalue weighted by molar-refractivity contribution is 6.23. The normalized spacial score (nSPS) is 11.6. The summed E-state index contributed by atoms with van der Waals surface area (Å²) < 4.78 is 10.4. The first-order valence-corrected chi connectivity index (χ1v) is 14.0. The third kappa shape index (κ3) is 3.65. The smallest absolute Gasteiger partial charge is 0.138 e. The average molecular weight is 530 g/mol. The zero-order chi connectivity index (χ0) is 27.3. The molecule has 0 amide bonds. The number of rotatable bonds is 5. The van der Waals surface area contributed by atoms with Crippen molar-refractivity contribution in [3.05, 3.63) is 133 Å². The van der Waals surface area contributed by atoms with Crippen LogP contribution in [0.1, 0.15) is 6.92 Å². The number of benzene rings is 5. The Morgan fingerprint density at radius 1 is 0.537 bits per heavy atom. The van der Waals surface area contributed by atoms with Crippen LogP contribution in [0.4, 0.5) is 0 Å². The lowest BCUT2D eigenvalue weighted by molar-refractivity contribution is 0.340. The van der Waals surface area contributed by atoms with E-state index in [1.807, 2.05) is 19.1 Å². The van der Waals surface area contributed by atoms with Crippen molar-refractivity contribution in [1.29, 1.82) is 0 Å². The molecular formula is C37H27N3O. The summed E-state index contributed by atoms with van der Waals surface area (Å²) >= 11 is 0. The van der Waals surface area contributed by atoms with Gasteiger partial charge in [-0.3, -0.25) is 4.57 Å². The molecule has 0 spiro atoms. The van der Waals surface area contributed by atoms with Crippen molar-refractivity contribution in [3.63, 3.8) is 0 Å². The van der Waals surface area contributed by atoms with Crippen LogP contribution in [0.15, 0.2) is 133 Å². The first-order valence-electron chi connectivity index (χ1n) is 14.0. The Balaban J connectivity index is 1.48. The van der Waals surface area contributed by atoms with E-state index in [-0.39, 0.29) is 0 Å². The van der Waals surface area contributed by atoms with Gasteiger partial charge in [-0.05, 0) is 67.6 Å². The second-order valence-electron chi connectivity index (χ2n) is 10.2. The zero-order valence-electron chi connectivity index (χ0n) is 22.7. The molecule has 4 heteroatoms. The summed E-state index contributed by atoms with van der Waals surface area (Å²) in [7, 11) is 0. The minimum Gasteiger partial charge on any atom is -0.494 e. The number of aromatic nitrogens is 3. The van der Waals surface area contributed by atoms with E-state index in [9.17, 15) is 0 Å². The van der Waals surface area contributed by atoms with Crippen LogP contribution < -0.4 is 4.74 Å². The molecule has 0 aliphatic rings. The quantitative estimate of drug-likeness (QED) is 0.222. The SMILES string of the molecule is CCOc1ccc(-c2cccc(-n3c4ccccc4c4ccc5c6ccccc6n(-c6ccccc6)c5c43)n2)cc1. The fraction of sp³-hybridized carbons (Fsp3) is 0.0541. The van der Waals surface area contributed by atoms with Crippen molar-refractivity contribution in [2.45, 2.75) is 6.92 Å². The molecule has 0 radical (unpaired) electrons. The Labute approximate surface area is 237 Å². The van der Waals surface area contributed by atoms with Gasteiger partial charge in [-0.1, -0.05) is 72.8 Å². The Morgan fingerprint density at radius 2 is 1.15 bits per heavy atom. The molecule has 8 rings (SSSR count). The lowest BCUT2D eigenvalue weighted by Crippen LogP contribution is -2.01. The second-order valence-corrected chi connectivity index (χ2v) is 10.2. The predicted octanol–water partition coefficient (Wildman–Crippen LogP) is 9.34.